The third-order valence-electron chi connectivity index (χ3n) is 1.75. The van der Waals surface area contributed by atoms with Crippen LogP contribution in [-0.4, -0.2) is 10.2 Å². The first-order valence-corrected chi connectivity index (χ1v) is 4.00. The average Bonchev–Trinajstić information content (AvgIpc) is 2.19. The van der Waals surface area contributed by atoms with Crippen LogP contribution in [0, 0.1) is 0 Å². The third-order valence-corrected chi connectivity index (χ3v) is 1.75. The zero-order chi connectivity index (χ0) is 9.10. The van der Waals surface area contributed by atoms with Crippen molar-refractivity contribution in [3.05, 3.63) is 42.6 Å². The number of anilines is 1. The molecule has 1 aromatic carbocycles. The second-order valence-electron chi connectivity index (χ2n) is 2.74. The van der Waals surface area contributed by atoms with E-state index in [0.717, 1.165) is 11.3 Å². The lowest BCUT2D eigenvalue weighted by atomic mass is 10.1. The summed E-state index contributed by atoms with van der Waals surface area (Å²) in [4.78, 5) is 0. The Morgan fingerprint density at radius 2 is 1.85 bits per heavy atom. The Labute approximate surface area is 76.2 Å². The lowest BCUT2D eigenvalue weighted by Crippen LogP contribution is -1.91. The van der Waals surface area contributed by atoms with Crippen molar-refractivity contribution in [1.82, 2.24) is 10.2 Å². The minimum Gasteiger partial charge on any atom is -0.397 e. The van der Waals surface area contributed by atoms with E-state index in [0.29, 0.717) is 5.69 Å². The molecule has 0 aliphatic carbocycles. The Kier molecular flexibility index (Phi) is 1.92. The van der Waals surface area contributed by atoms with Crippen molar-refractivity contribution in [1.29, 1.82) is 0 Å². The lowest BCUT2D eigenvalue weighted by molar-refractivity contribution is 1.04. The van der Waals surface area contributed by atoms with Gasteiger partial charge >= 0.3 is 0 Å². The molecule has 64 valence electrons. The second-order valence-corrected chi connectivity index (χ2v) is 2.74. The molecule has 0 unspecified atom stereocenters. The molecule has 2 aromatic rings. The van der Waals surface area contributed by atoms with Crippen molar-refractivity contribution in [3.63, 3.8) is 0 Å². The predicted octanol–water partition coefficient (Wildman–Crippen LogP) is 1.73. The van der Waals surface area contributed by atoms with E-state index >= 15 is 0 Å². The van der Waals surface area contributed by atoms with Crippen LogP contribution in [0.2, 0.25) is 0 Å². The number of hydrogen-bond donors (Lipinski definition) is 1. The van der Waals surface area contributed by atoms with Crippen LogP contribution in [-0.2, 0) is 0 Å². The van der Waals surface area contributed by atoms with E-state index in [4.69, 9.17) is 5.73 Å². The lowest BCUT2D eigenvalue weighted by Gasteiger charge is -1.98. The highest BCUT2D eigenvalue weighted by Crippen LogP contribution is 2.16. The normalized spacial score (nSPS) is 9.85. The summed E-state index contributed by atoms with van der Waals surface area (Å²) in [5, 5.41) is 7.77. The van der Waals surface area contributed by atoms with E-state index in [9.17, 15) is 0 Å². The molecule has 0 radical (unpaired) electrons. The smallest absolute Gasteiger partial charge is 0.0950 e. The van der Waals surface area contributed by atoms with Gasteiger partial charge in [-0.05, 0) is 6.07 Å². The molecule has 0 fully saturated rings. The molecule has 2 N–H and O–H groups in total. The molecule has 0 saturated carbocycles. The Morgan fingerprint density at radius 1 is 1.08 bits per heavy atom. The van der Waals surface area contributed by atoms with E-state index in [2.05, 4.69) is 10.2 Å². The average molecular weight is 171 g/mol. The van der Waals surface area contributed by atoms with Crippen LogP contribution in [0.3, 0.4) is 0 Å². The standard InChI is InChI=1S/C10H9N3/c11-9-6-10(13-12-7-9)8-4-2-1-3-5-8/h1-7H,(H2,11,13). The molecule has 3 nitrogen and oxygen atoms in total. The van der Waals surface area contributed by atoms with Gasteiger partial charge in [-0.3, -0.25) is 0 Å². The van der Waals surface area contributed by atoms with Crippen molar-refractivity contribution in [2.75, 3.05) is 5.73 Å². The minimum atomic E-state index is 0.633. The van der Waals surface area contributed by atoms with Crippen LogP contribution in [0.25, 0.3) is 11.3 Å². The zero-order valence-corrected chi connectivity index (χ0v) is 7.01. The Balaban J connectivity index is 2.48. The number of nitrogens with zero attached hydrogens (tertiary/aromatic N) is 2. The summed E-state index contributed by atoms with van der Waals surface area (Å²) in [5.74, 6) is 0. The summed E-state index contributed by atoms with van der Waals surface area (Å²) in [6, 6.07) is 11.6. The Morgan fingerprint density at radius 3 is 2.54 bits per heavy atom. The SMILES string of the molecule is Nc1cnnc(-c2ccccc2)c1. The molecule has 1 aromatic heterocycles. The Bertz CT molecular complexity index is 398. The molecule has 2 rings (SSSR count). The molecule has 0 spiro atoms. The highest BCUT2D eigenvalue weighted by molar-refractivity contribution is 5.61. The fourth-order valence-electron chi connectivity index (χ4n) is 1.13. The molecule has 0 atom stereocenters. The third kappa shape index (κ3) is 1.64. The minimum absolute atomic E-state index is 0.633. The highest BCUT2D eigenvalue weighted by atomic mass is 15.1. The summed E-state index contributed by atoms with van der Waals surface area (Å²) < 4.78 is 0. The van der Waals surface area contributed by atoms with E-state index in [1.54, 1.807) is 0 Å². The number of nitrogens with two attached hydrogens (primary N) is 1. The fourth-order valence-corrected chi connectivity index (χ4v) is 1.13. The van der Waals surface area contributed by atoms with Gasteiger partial charge in [0.15, 0.2) is 0 Å². The van der Waals surface area contributed by atoms with Crippen LogP contribution >= 0.6 is 0 Å². The molecule has 0 bridgehead atoms. The molecule has 13 heavy (non-hydrogen) atoms. The van der Waals surface area contributed by atoms with Crippen LogP contribution in [0.15, 0.2) is 42.6 Å². The summed E-state index contributed by atoms with van der Waals surface area (Å²) >= 11 is 0. The maximum Gasteiger partial charge on any atom is 0.0950 e. The molecule has 1 heterocycles. The highest BCUT2D eigenvalue weighted by Gasteiger charge is 1.97. The van der Waals surface area contributed by atoms with Crippen LogP contribution < -0.4 is 5.73 Å². The van der Waals surface area contributed by atoms with Gasteiger partial charge in [-0.25, -0.2) is 0 Å². The monoisotopic (exact) mass is 171 g/mol. The number of rotatable bonds is 1. The topological polar surface area (TPSA) is 51.8 Å². The van der Waals surface area contributed by atoms with Crippen molar-refractivity contribution < 1.29 is 0 Å². The number of benzene rings is 1. The maximum absolute atomic E-state index is 5.59. The quantitative estimate of drug-likeness (QED) is 0.710. The molecule has 0 saturated heterocycles. The van der Waals surface area contributed by atoms with Gasteiger partial charge in [0.05, 0.1) is 17.6 Å². The summed E-state index contributed by atoms with van der Waals surface area (Å²) in [6.07, 6.45) is 1.53. The molecule has 0 amide bonds. The number of hydrogen-bond acceptors (Lipinski definition) is 3. The zero-order valence-electron chi connectivity index (χ0n) is 7.01. The van der Waals surface area contributed by atoms with Gasteiger partial charge in [0.1, 0.15) is 0 Å². The molecule has 0 aliphatic heterocycles. The molecule has 3 heteroatoms. The number of nitrogen functional groups attached to an aromatic ring is 1. The second kappa shape index (κ2) is 3.23. The van der Waals surface area contributed by atoms with E-state index in [1.165, 1.54) is 6.20 Å². The van der Waals surface area contributed by atoms with Crippen molar-refractivity contribution in [2.45, 2.75) is 0 Å². The van der Waals surface area contributed by atoms with E-state index in [-0.39, 0.29) is 0 Å². The van der Waals surface area contributed by atoms with E-state index in [1.807, 2.05) is 36.4 Å². The van der Waals surface area contributed by atoms with Gasteiger partial charge in [0, 0.05) is 5.56 Å². The summed E-state index contributed by atoms with van der Waals surface area (Å²) in [6.45, 7) is 0. The number of aromatic nitrogens is 2. The largest absolute Gasteiger partial charge is 0.397 e. The van der Waals surface area contributed by atoms with Gasteiger partial charge < -0.3 is 5.73 Å². The van der Waals surface area contributed by atoms with Crippen molar-refractivity contribution in [3.8, 4) is 11.3 Å². The first-order chi connectivity index (χ1) is 6.36. The van der Waals surface area contributed by atoms with Crippen molar-refractivity contribution >= 4 is 5.69 Å². The first kappa shape index (κ1) is 7.73. The van der Waals surface area contributed by atoms with Crippen LogP contribution in [0.1, 0.15) is 0 Å². The van der Waals surface area contributed by atoms with Gasteiger partial charge in [-0.1, -0.05) is 30.3 Å². The molecule has 0 aliphatic rings. The van der Waals surface area contributed by atoms with Crippen LogP contribution in [0.4, 0.5) is 5.69 Å². The summed E-state index contributed by atoms with van der Waals surface area (Å²) in [7, 11) is 0. The van der Waals surface area contributed by atoms with Crippen LogP contribution in [0.5, 0.6) is 0 Å². The predicted molar refractivity (Wildman–Crippen MR) is 51.9 cm³/mol. The first-order valence-electron chi connectivity index (χ1n) is 4.00. The fraction of sp³-hybridized carbons (Fsp3) is 0. The van der Waals surface area contributed by atoms with Gasteiger partial charge in [0.2, 0.25) is 0 Å². The maximum atomic E-state index is 5.59. The van der Waals surface area contributed by atoms with Crippen molar-refractivity contribution in [2.24, 2.45) is 0 Å². The summed E-state index contributed by atoms with van der Waals surface area (Å²) in [5.41, 5.74) is 8.06. The molecular weight excluding hydrogens is 162 g/mol. The molecular formula is C10H9N3. The van der Waals surface area contributed by atoms with E-state index < -0.39 is 0 Å². The van der Waals surface area contributed by atoms with Gasteiger partial charge in [-0.15, -0.1) is 0 Å². The van der Waals surface area contributed by atoms with Gasteiger partial charge in [-0.2, -0.15) is 10.2 Å². The Hall–Kier alpha value is -1.90. The van der Waals surface area contributed by atoms with Gasteiger partial charge in [0.25, 0.3) is 0 Å².